The van der Waals surface area contributed by atoms with Gasteiger partial charge in [0.1, 0.15) is 14.6 Å². The van der Waals surface area contributed by atoms with Crippen molar-refractivity contribution >= 4 is 97.2 Å². The maximum absolute atomic E-state index is 13.0. The highest BCUT2D eigenvalue weighted by atomic mass is 127. The SMILES string of the molecule is CC(=O)c1csc(C(=O)c2cncnc2N[C@@H]2C[C@H](COS(N)(=O)=O)[C@@H](OSP(I)I)C2)c1. The van der Waals surface area contributed by atoms with Crippen LogP contribution < -0.4 is 10.5 Å². The van der Waals surface area contributed by atoms with Crippen LogP contribution in [0.3, 0.4) is 0 Å². The number of aromatic nitrogens is 2. The maximum Gasteiger partial charge on any atom is 0.333 e. The third kappa shape index (κ3) is 8.27. The molecule has 0 saturated heterocycles. The Morgan fingerprint density at radius 1 is 1.39 bits per heavy atom. The van der Waals surface area contributed by atoms with Crippen LogP contribution in [0.25, 0.3) is 0 Å². The molecule has 0 radical (unpaired) electrons. The molecule has 2 heterocycles. The highest BCUT2D eigenvalue weighted by Gasteiger charge is 2.37. The molecule has 1 aliphatic rings. The predicted molar refractivity (Wildman–Crippen MR) is 146 cm³/mol. The number of thiophene rings is 1. The topological polar surface area (TPSA) is 151 Å². The molecule has 1 aliphatic carbocycles. The zero-order valence-electron chi connectivity index (χ0n) is 17.0. The second-order valence-corrected chi connectivity index (χ2v) is 26.8. The van der Waals surface area contributed by atoms with Crippen LogP contribution in [0.1, 0.15) is 45.4 Å². The summed E-state index contributed by atoms with van der Waals surface area (Å²) in [6, 6.07) is 1.42. The number of carbonyl (C=O) groups is 2. The minimum atomic E-state index is -4.07. The highest BCUT2D eigenvalue weighted by molar-refractivity contribution is 14.3. The van der Waals surface area contributed by atoms with Gasteiger partial charge in [-0.2, -0.15) is 8.42 Å². The molecule has 33 heavy (non-hydrogen) atoms. The fourth-order valence-electron chi connectivity index (χ4n) is 3.34. The molecule has 3 N–H and O–H groups in total. The van der Waals surface area contributed by atoms with Crippen LogP contribution in [0, 0.1) is 5.92 Å². The van der Waals surface area contributed by atoms with Gasteiger partial charge in [-0.3, -0.25) is 13.8 Å². The Kier molecular flexibility index (Phi) is 10.3. The number of ketones is 2. The summed E-state index contributed by atoms with van der Waals surface area (Å²) in [6.07, 6.45) is 3.61. The first-order chi connectivity index (χ1) is 15.5. The van der Waals surface area contributed by atoms with Gasteiger partial charge in [0.2, 0.25) is 5.78 Å². The largest absolute Gasteiger partial charge is 0.367 e. The van der Waals surface area contributed by atoms with E-state index in [0.717, 1.165) is 0 Å². The summed E-state index contributed by atoms with van der Waals surface area (Å²) in [5.74, 6) is -0.251. The molecular weight excluding hydrogens is 737 g/mol. The Bertz CT molecular complexity index is 1120. The van der Waals surface area contributed by atoms with Gasteiger partial charge in [0, 0.05) is 40.8 Å². The number of anilines is 1. The number of nitrogens with zero attached hydrogens (tertiary/aromatic N) is 2. The van der Waals surface area contributed by atoms with Crippen molar-refractivity contribution in [3.8, 4) is 0 Å². The molecule has 10 nitrogen and oxygen atoms in total. The summed E-state index contributed by atoms with van der Waals surface area (Å²) in [5, 5.41) is 9.91. The lowest BCUT2D eigenvalue weighted by atomic mass is 10.1. The summed E-state index contributed by atoms with van der Waals surface area (Å²) in [5.41, 5.74) is 0.764. The Morgan fingerprint density at radius 3 is 2.79 bits per heavy atom. The zero-order valence-corrected chi connectivity index (χ0v) is 24.7. The Hall–Kier alpha value is -0.0100. The molecule has 2 aromatic rings. The smallest absolute Gasteiger partial charge is 0.333 e. The van der Waals surface area contributed by atoms with Crippen molar-refractivity contribution in [2.75, 3.05) is 11.9 Å². The molecule has 0 spiro atoms. The van der Waals surface area contributed by atoms with E-state index in [2.05, 4.69) is 59.4 Å². The summed E-state index contributed by atoms with van der Waals surface area (Å²) < 4.78 is 32.8. The highest BCUT2D eigenvalue weighted by Crippen LogP contribution is 2.65. The number of carbonyl (C=O) groups excluding carboxylic acids is 2. The monoisotopic (exact) mass is 756 g/mol. The van der Waals surface area contributed by atoms with Crippen LogP contribution in [-0.2, 0) is 18.7 Å². The molecule has 0 unspecified atom stereocenters. The van der Waals surface area contributed by atoms with E-state index in [4.69, 9.17) is 13.5 Å². The van der Waals surface area contributed by atoms with E-state index >= 15 is 0 Å². The van der Waals surface area contributed by atoms with E-state index in [9.17, 15) is 18.0 Å². The van der Waals surface area contributed by atoms with E-state index in [0.29, 0.717) is 29.1 Å². The minimum Gasteiger partial charge on any atom is -0.367 e. The van der Waals surface area contributed by atoms with E-state index in [1.54, 1.807) is 11.4 Å². The standard InChI is InChI=1S/C17H19I2N4O6PS3/c1-9(24)11-3-15(31-7-11)16(25)13-5-21-8-22-17(13)23-12-2-10(6-28-33(20,26)27)14(4-12)29-32-30(18)19/h3,5,7-8,10,12,14H,2,4,6H2,1H3,(H2,20,26,27)(H,21,22,23)/t10-,12-,14+/m1/s1. The maximum atomic E-state index is 13.0. The molecule has 0 aromatic carbocycles. The first kappa shape index (κ1) is 27.6. The molecule has 0 amide bonds. The normalized spacial score (nSPS) is 20.8. The van der Waals surface area contributed by atoms with Gasteiger partial charge >= 0.3 is 10.3 Å². The average molecular weight is 756 g/mol. The second kappa shape index (κ2) is 12.3. The number of rotatable bonds is 11. The lowest BCUT2D eigenvalue weighted by molar-refractivity contribution is 0.101. The van der Waals surface area contributed by atoms with Crippen molar-refractivity contribution in [1.29, 1.82) is 0 Å². The lowest BCUT2D eigenvalue weighted by Crippen LogP contribution is -2.25. The van der Waals surface area contributed by atoms with E-state index in [-0.39, 0.29) is 41.8 Å². The summed E-state index contributed by atoms with van der Waals surface area (Å²) >= 11 is 7.08. The molecule has 1 saturated carbocycles. The van der Waals surface area contributed by atoms with Gasteiger partial charge in [-0.05, 0) is 69.9 Å². The van der Waals surface area contributed by atoms with Crippen molar-refractivity contribution in [3.05, 3.63) is 40.0 Å². The van der Waals surface area contributed by atoms with Crippen molar-refractivity contribution in [2.45, 2.75) is 31.9 Å². The Labute approximate surface area is 226 Å². The number of halogens is 2. The molecule has 3 atom stereocenters. The number of hydrogen-bond acceptors (Lipinski definition) is 11. The van der Waals surface area contributed by atoms with E-state index in [1.165, 1.54) is 42.4 Å². The molecule has 180 valence electrons. The van der Waals surface area contributed by atoms with Crippen LogP contribution >= 0.6 is 69.5 Å². The lowest BCUT2D eigenvalue weighted by Gasteiger charge is -2.18. The molecule has 2 aromatic heterocycles. The first-order valence-electron chi connectivity index (χ1n) is 9.36. The van der Waals surface area contributed by atoms with Gasteiger partial charge in [-0.15, -0.1) is 11.3 Å². The van der Waals surface area contributed by atoms with Crippen LogP contribution in [-0.4, -0.2) is 48.7 Å². The first-order valence-corrected chi connectivity index (χ1v) is 20.0. The van der Waals surface area contributed by atoms with Crippen molar-refractivity contribution in [2.24, 2.45) is 11.1 Å². The number of hydrogen-bond donors (Lipinski definition) is 2. The van der Waals surface area contributed by atoms with Crippen LogP contribution in [0.4, 0.5) is 5.82 Å². The van der Waals surface area contributed by atoms with Gasteiger partial charge < -0.3 is 9.50 Å². The molecule has 1 fully saturated rings. The molecule has 3 rings (SSSR count). The van der Waals surface area contributed by atoms with Crippen molar-refractivity contribution < 1.29 is 26.4 Å². The number of Topliss-reactive ketones (excluding diaryl/α,β-unsaturated/α-hetero) is 1. The van der Waals surface area contributed by atoms with E-state index in [1.807, 2.05) is 0 Å². The fourth-order valence-corrected chi connectivity index (χ4v) is 7.22. The number of nitrogens with two attached hydrogens (primary N) is 1. The molecular formula is C17H19I2N4O6PS3. The number of nitrogens with one attached hydrogen (secondary N) is 1. The fraction of sp³-hybridized carbons (Fsp3) is 0.412. The Balaban J connectivity index is 1.75. The Morgan fingerprint density at radius 2 is 2.15 bits per heavy atom. The van der Waals surface area contributed by atoms with Gasteiger partial charge in [0.05, 0.1) is 23.2 Å². The summed E-state index contributed by atoms with van der Waals surface area (Å²) in [7, 11) is -4.07. The van der Waals surface area contributed by atoms with Gasteiger partial charge in [-0.25, -0.2) is 15.1 Å². The van der Waals surface area contributed by atoms with Gasteiger partial charge in [0.15, 0.2) is 5.78 Å². The minimum absolute atomic E-state index is 0.0960. The van der Waals surface area contributed by atoms with Crippen molar-refractivity contribution in [3.63, 3.8) is 0 Å². The third-order valence-corrected chi connectivity index (χ3v) is 10.2. The third-order valence-electron chi connectivity index (χ3n) is 4.83. The van der Waals surface area contributed by atoms with Crippen LogP contribution in [0.5, 0.6) is 0 Å². The molecule has 0 aliphatic heterocycles. The van der Waals surface area contributed by atoms with Crippen LogP contribution in [0.15, 0.2) is 24.0 Å². The predicted octanol–water partition coefficient (Wildman–Crippen LogP) is 4.51. The average Bonchev–Trinajstić information content (AvgIpc) is 3.37. The van der Waals surface area contributed by atoms with E-state index < -0.39 is 12.7 Å². The molecule has 16 heteroatoms. The zero-order chi connectivity index (χ0) is 24.2. The van der Waals surface area contributed by atoms with Gasteiger partial charge in [0.25, 0.3) is 0 Å². The van der Waals surface area contributed by atoms with Crippen molar-refractivity contribution in [1.82, 2.24) is 9.97 Å². The molecule has 0 bridgehead atoms. The van der Waals surface area contributed by atoms with Crippen LogP contribution in [0.2, 0.25) is 0 Å². The summed E-state index contributed by atoms with van der Waals surface area (Å²) in [6.45, 7) is 1.35. The van der Waals surface area contributed by atoms with Gasteiger partial charge in [-0.1, -0.05) is 0 Å². The summed E-state index contributed by atoms with van der Waals surface area (Å²) in [4.78, 5) is 33.3. The second-order valence-electron chi connectivity index (χ2n) is 7.13. The quantitative estimate of drug-likeness (QED) is 0.145.